The second-order valence-electron chi connectivity index (χ2n) is 10.7. The quantitative estimate of drug-likeness (QED) is 0.592. The summed E-state index contributed by atoms with van der Waals surface area (Å²) in [7, 11) is 3.82. The fourth-order valence-electron chi connectivity index (χ4n) is 5.60. The summed E-state index contributed by atoms with van der Waals surface area (Å²) in [4.78, 5) is 13.9. The molecular formula is C24H38N2O4. The van der Waals surface area contributed by atoms with Gasteiger partial charge in [-0.3, -0.25) is 0 Å². The van der Waals surface area contributed by atoms with Gasteiger partial charge in [0.2, 0.25) is 0 Å². The number of allylic oxidation sites excluding steroid dienone is 3. The van der Waals surface area contributed by atoms with Crippen LogP contribution in [0.15, 0.2) is 23.0 Å². The average molecular weight is 419 g/mol. The van der Waals surface area contributed by atoms with Gasteiger partial charge in [0, 0.05) is 19.0 Å². The van der Waals surface area contributed by atoms with E-state index in [0.29, 0.717) is 30.8 Å². The van der Waals surface area contributed by atoms with Crippen molar-refractivity contribution in [3.05, 3.63) is 23.0 Å². The first kappa shape index (κ1) is 21.7. The Labute approximate surface area is 180 Å². The summed E-state index contributed by atoms with van der Waals surface area (Å²) in [5.41, 5.74) is 2.20. The number of ether oxygens (including phenoxy) is 2. The van der Waals surface area contributed by atoms with Crippen molar-refractivity contribution < 1.29 is 19.4 Å². The van der Waals surface area contributed by atoms with Crippen LogP contribution in [0.4, 0.5) is 4.79 Å². The van der Waals surface area contributed by atoms with Crippen LogP contribution in [0.25, 0.3) is 0 Å². The van der Waals surface area contributed by atoms with Gasteiger partial charge >= 0.3 is 6.09 Å². The Kier molecular flexibility index (Phi) is 5.92. The van der Waals surface area contributed by atoms with Crippen molar-refractivity contribution >= 4 is 6.09 Å². The molecule has 4 aliphatic carbocycles. The fraction of sp³-hybridized carbons (Fsp3) is 0.792. The number of alkyl carbamates (subject to hydrolysis) is 1. The molecular weight excluding hydrogens is 380 g/mol. The number of carbonyl (C=O) groups excluding carboxylic acids is 1. The number of aliphatic hydroxyl groups is 1. The molecule has 0 spiro atoms. The van der Waals surface area contributed by atoms with Crippen molar-refractivity contribution in [3.63, 3.8) is 0 Å². The van der Waals surface area contributed by atoms with Gasteiger partial charge in [-0.05, 0) is 101 Å². The largest absolute Gasteiger partial charge is 0.501 e. The molecule has 2 N–H and O–H groups in total. The molecule has 2 saturated carbocycles. The molecule has 30 heavy (non-hydrogen) atoms. The molecule has 0 aromatic heterocycles. The van der Waals surface area contributed by atoms with Gasteiger partial charge < -0.3 is 24.8 Å². The molecule has 168 valence electrons. The van der Waals surface area contributed by atoms with Crippen LogP contribution < -0.4 is 5.32 Å². The van der Waals surface area contributed by atoms with Crippen LogP contribution in [0.2, 0.25) is 0 Å². The van der Waals surface area contributed by atoms with Gasteiger partial charge in [-0.2, -0.15) is 0 Å². The lowest BCUT2D eigenvalue weighted by molar-refractivity contribution is 0.0525. The first-order valence-corrected chi connectivity index (χ1v) is 11.5. The Hall–Kier alpha value is -1.53. The highest BCUT2D eigenvalue weighted by atomic mass is 16.6. The molecule has 2 fully saturated rings. The van der Waals surface area contributed by atoms with Crippen molar-refractivity contribution in [1.82, 2.24) is 10.2 Å². The normalized spacial score (nSPS) is 32.5. The van der Waals surface area contributed by atoms with E-state index >= 15 is 0 Å². The van der Waals surface area contributed by atoms with Crippen LogP contribution in [0, 0.1) is 29.6 Å². The van der Waals surface area contributed by atoms with Crippen LogP contribution in [0.1, 0.15) is 46.5 Å². The Bertz CT molecular complexity index is 738. The van der Waals surface area contributed by atoms with Gasteiger partial charge in [-0.15, -0.1) is 0 Å². The van der Waals surface area contributed by atoms with Crippen LogP contribution in [0.5, 0.6) is 0 Å². The van der Waals surface area contributed by atoms with E-state index in [2.05, 4.69) is 16.3 Å². The Morgan fingerprint density at radius 1 is 1.27 bits per heavy atom. The van der Waals surface area contributed by atoms with Crippen molar-refractivity contribution in [2.24, 2.45) is 29.6 Å². The maximum Gasteiger partial charge on any atom is 0.407 e. The van der Waals surface area contributed by atoms with E-state index in [9.17, 15) is 9.90 Å². The number of nitrogens with one attached hydrogen (secondary N) is 1. The number of fused-ring (bicyclic) bond motifs is 4. The standard InChI is InChI=1S/C24H38N2O4/c1-24(2,3)30-23(28)25-7-6-8-26(4)13-20(27)22-15-9-14(15)10-16-17-11-18(17)21(29-5)12-19(16)22/h12,14-18,20,27H,6-11,13H2,1-5H3,(H,25,28). The van der Waals surface area contributed by atoms with Crippen LogP contribution in [-0.2, 0) is 9.47 Å². The van der Waals surface area contributed by atoms with Crippen LogP contribution in [0.3, 0.4) is 0 Å². The van der Waals surface area contributed by atoms with Crippen molar-refractivity contribution in [2.75, 3.05) is 33.8 Å². The van der Waals surface area contributed by atoms with Gasteiger partial charge in [0.1, 0.15) is 5.60 Å². The molecule has 6 heteroatoms. The summed E-state index contributed by atoms with van der Waals surface area (Å²) in [5, 5.41) is 14.0. The van der Waals surface area contributed by atoms with Crippen molar-refractivity contribution in [1.29, 1.82) is 0 Å². The van der Waals surface area contributed by atoms with Gasteiger partial charge in [-0.1, -0.05) is 0 Å². The predicted molar refractivity (Wildman–Crippen MR) is 116 cm³/mol. The molecule has 0 bridgehead atoms. The zero-order chi connectivity index (χ0) is 21.6. The number of amides is 1. The number of methoxy groups -OCH3 is 1. The van der Waals surface area contributed by atoms with Gasteiger partial charge in [0.15, 0.2) is 0 Å². The number of nitrogens with zero attached hydrogens (tertiary/aromatic N) is 1. The summed E-state index contributed by atoms with van der Waals surface area (Å²) >= 11 is 0. The number of likely N-dealkylation sites (N-methyl/N-ethyl adjacent to an activating group) is 1. The lowest BCUT2D eigenvalue weighted by Gasteiger charge is -2.33. The van der Waals surface area contributed by atoms with Gasteiger partial charge in [-0.25, -0.2) is 4.79 Å². The number of hydrogen-bond acceptors (Lipinski definition) is 5. The molecule has 6 unspecified atom stereocenters. The van der Waals surface area contributed by atoms with Crippen LogP contribution >= 0.6 is 0 Å². The number of aliphatic hydroxyl groups excluding tert-OH is 1. The lowest BCUT2D eigenvalue weighted by Crippen LogP contribution is -2.36. The topological polar surface area (TPSA) is 71.0 Å². The summed E-state index contributed by atoms with van der Waals surface area (Å²) in [6.45, 7) is 7.59. The summed E-state index contributed by atoms with van der Waals surface area (Å²) in [5.74, 6) is 4.46. The smallest absolute Gasteiger partial charge is 0.407 e. The SMILES string of the molecule is COC1=CC2=C(C(O)CN(C)CCCNC(=O)OC(C)(C)C)C3CC3CC2C2CC12. The molecule has 0 heterocycles. The first-order valence-electron chi connectivity index (χ1n) is 11.5. The van der Waals surface area contributed by atoms with E-state index in [1.54, 1.807) is 7.11 Å². The number of carbonyl (C=O) groups is 1. The number of hydrogen-bond donors (Lipinski definition) is 2. The molecule has 6 atom stereocenters. The van der Waals surface area contributed by atoms with Crippen molar-refractivity contribution in [3.8, 4) is 0 Å². The van der Waals surface area contributed by atoms with E-state index in [4.69, 9.17) is 9.47 Å². The third-order valence-electron chi connectivity index (χ3n) is 7.10. The zero-order valence-electron chi connectivity index (χ0n) is 19.1. The van der Waals surface area contributed by atoms with Crippen molar-refractivity contribution in [2.45, 2.75) is 58.2 Å². The third kappa shape index (κ3) is 4.70. The van der Waals surface area contributed by atoms with E-state index in [-0.39, 0.29) is 6.09 Å². The third-order valence-corrected chi connectivity index (χ3v) is 7.10. The number of rotatable bonds is 8. The Morgan fingerprint density at radius 2 is 2.00 bits per heavy atom. The van der Waals surface area contributed by atoms with E-state index in [1.165, 1.54) is 30.4 Å². The molecule has 4 aliphatic rings. The maximum absolute atomic E-state index is 11.7. The van der Waals surface area contributed by atoms with Gasteiger partial charge in [0.25, 0.3) is 0 Å². The molecule has 0 aromatic rings. The zero-order valence-corrected chi connectivity index (χ0v) is 19.1. The molecule has 1 amide bonds. The first-order chi connectivity index (χ1) is 14.2. The molecule has 0 aliphatic heterocycles. The highest BCUT2D eigenvalue weighted by Gasteiger charge is 2.57. The maximum atomic E-state index is 11.7. The predicted octanol–water partition coefficient (Wildman–Crippen LogP) is 3.33. The second kappa shape index (κ2) is 8.19. The highest BCUT2D eigenvalue weighted by Crippen LogP contribution is 2.64. The molecule has 0 radical (unpaired) electrons. The minimum Gasteiger partial charge on any atom is -0.501 e. The Balaban J connectivity index is 1.30. The minimum absolute atomic E-state index is 0.374. The Morgan fingerprint density at radius 3 is 2.70 bits per heavy atom. The monoisotopic (exact) mass is 418 g/mol. The van der Waals surface area contributed by atoms with E-state index in [0.717, 1.165) is 30.6 Å². The summed E-state index contributed by atoms with van der Waals surface area (Å²) < 4.78 is 10.9. The molecule has 6 nitrogen and oxygen atoms in total. The van der Waals surface area contributed by atoms with E-state index in [1.807, 2.05) is 27.8 Å². The highest BCUT2D eigenvalue weighted by molar-refractivity contribution is 5.67. The fourth-order valence-corrected chi connectivity index (χ4v) is 5.60. The lowest BCUT2D eigenvalue weighted by atomic mass is 9.75. The summed E-state index contributed by atoms with van der Waals surface area (Å²) in [6, 6.07) is 0. The molecule has 0 saturated heterocycles. The minimum atomic E-state index is -0.477. The van der Waals surface area contributed by atoms with Crippen LogP contribution in [-0.4, -0.2) is 61.6 Å². The average Bonchev–Trinajstić information content (AvgIpc) is 3.54. The summed E-state index contributed by atoms with van der Waals surface area (Å²) in [6.07, 6.45) is 6.07. The van der Waals surface area contributed by atoms with Gasteiger partial charge in [0.05, 0.1) is 19.0 Å². The van der Waals surface area contributed by atoms with E-state index < -0.39 is 11.7 Å². The molecule has 4 rings (SSSR count). The molecule has 0 aromatic carbocycles. The second-order valence-corrected chi connectivity index (χ2v) is 10.7.